The molecule has 6 nitrogen and oxygen atoms in total. The van der Waals surface area contributed by atoms with Crippen LogP contribution in [0.4, 0.5) is 20.6 Å². The topological polar surface area (TPSA) is 69.7 Å². The Morgan fingerprint density at radius 1 is 0.971 bits per heavy atom. The quantitative estimate of drug-likeness (QED) is 0.479. The number of anilines is 2. The molecular weight excluding hydrogens is 453 g/mol. The van der Waals surface area contributed by atoms with Gasteiger partial charge in [0.1, 0.15) is 5.82 Å². The van der Waals surface area contributed by atoms with Gasteiger partial charge < -0.3 is 4.90 Å². The van der Waals surface area contributed by atoms with Crippen LogP contribution in [0.25, 0.3) is 0 Å². The van der Waals surface area contributed by atoms with Crippen LogP contribution in [0.5, 0.6) is 0 Å². The number of nitrogens with one attached hydrogen (secondary N) is 1. The molecule has 1 N–H and O–H groups in total. The molecule has 1 fully saturated rings. The first-order chi connectivity index (χ1) is 16.2. The van der Waals surface area contributed by atoms with Crippen molar-refractivity contribution in [3.8, 4) is 0 Å². The Balaban J connectivity index is 1.49. The largest absolute Gasteiger partial charge is 0.324 e. The molecule has 1 saturated heterocycles. The fraction of sp³-hybridized carbons (Fsp3) is 0.269. The summed E-state index contributed by atoms with van der Waals surface area (Å²) in [4.78, 5) is 16.7. The first-order valence-electron chi connectivity index (χ1n) is 11.3. The van der Waals surface area contributed by atoms with Crippen LogP contribution >= 0.6 is 0 Å². The number of hydrogen-bond donors (Lipinski definition) is 1. The van der Waals surface area contributed by atoms with Crippen molar-refractivity contribution in [2.24, 2.45) is 0 Å². The molecule has 0 radical (unpaired) electrons. The molecule has 3 aromatic rings. The molecule has 8 heteroatoms. The van der Waals surface area contributed by atoms with Gasteiger partial charge in [0.25, 0.3) is 10.0 Å². The summed E-state index contributed by atoms with van der Waals surface area (Å²) >= 11 is 0. The summed E-state index contributed by atoms with van der Waals surface area (Å²) in [5.74, 6) is -0.0566. The Kier molecular flexibility index (Phi) is 6.88. The highest BCUT2D eigenvalue weighted by molar-refractivity contribution is 7.92. The van der Waals surface area contributed by atoms with Crippen molar-refractivity contribution in [3.63, 3.8) is 0 Å². The summed E-state index contributed by atoms with van der Waals surface area (Å²) in [5.41, 5.74) is 3.27. The number of halogens is 1. The Labute approximate surface area is 200 Å². The minimum atomic E-state index is -3.88. The van der Waals surface area contributed by atoms with Gasteiger partial charge in [-0.1, -0.05) is 44.2 Å². The highest BCUT2D eigenvalue weighted by Gasteiger charge is 2.27. The molecule has 178 valence electrons. The van der Waals surface area contributed by atoms with Gasteiger partial charge in [-0.3, -0.25) is 9.62 Å². The number of carbonyl (C=O) groups excluding carboxylic acids is 1. The molecule has 1 aliphatic heterocycles. The van der Waals surface area contributed by atoms with Crippen LogP contribution in [0.15, 0.2) is 77.7 Å². The van der Waals surface area contributed by atoms with E-state index in [1.54, 1.807) is 29.2 Å². The van der Waals surface area contributed by atoms with E-state index in [1.807, 2.05) is 4.90 Å². The first-order valence-corrected chi connectivity index (χ1v) is 12.7. The number of carbonyl (C=O) groups is 1. The van der Waals surface area contributed by atoms with E-state index in [2.05, 4.69) is 42.8 Å². The summed E-state index contributed by atoms with van der Waals surface area (Å²) < 4.78 is 41.0. The maximum Gasteiger partial charge on any atom is 0.324 e. The molecule has 0 bridgehead atoms. The molecule has 3 aromatic carbocycles. The van der Waals surface area contributed by atoms with E-state index >= 15 is 0 Å². The highest BCUT2D eigenvalue weighted by Crippen LogP contribution is 2.26. The molecule has 0 atom stereocenters. The fourth-order valence-electron chi connectivity index (χ4n) is 3.96. The van der Waals surface area contributed by atoms with Gasteiger partial charge in [-0.05, 0) is 65.9 Å². The SMILES string of the molecule is CC(C)c1ccc(CN2CCCN(c3cccc(NS(=O)(=O)c4ccc(F)cc4)c3)C2=O)cc1. The zero-order valence-electron chi connectivity index (χ0n) is 19.2. The molecule has 0 unspecified atom stereocenters. The van der Waals surface area contributed by atoms with E-state index in [0.717, 1.165) is 24.1 Å². The second kappa shape index (κ2) is 9.85. The summed E-state index contributed by atoms with van der Waals surface area (Å²) in [6.45, 7) is 6.03. The number of nitrogens with zero attached hydrogens (tertiary/aromatic N) is 2. The number of urea groups is 1. The molecule has 0 aliphatic carbocycles. The molecule has 34 heavy (non-hydrogen) atoms. The Morgan fingerprint density at radius 3 is 2.35 bits per heavy atom. The van der Waals surface area contributed by atoms with Crippen LogP contribution in [-0.2, 0) is 16.6 Å². The van der Waals surface area contributed by atoms with Crippen molar-refractivity contribution >= 4 is 27.4 Å². The lowest BCUT2D eigenvalue weighted by Crippen LogP contribution is -2.49. The maximum absolute atomic E-state index is 13.2. The number of benzene rings is 3. The third kappa shape index (κ3) is 5.39. The molecule has 2 amide bonds. The monoisotopic (exact) mass is 481 g/mol. The molecule has 0 aromatic heterocycles. The first kappa shape index (κ1) is 23.8. The minimum absolute atomic E-state index is 0.0389. The summed E-state index contributed by atoms with van der Waals surface area (Å²) in [6, 6.07) is 19.6. The van der Waals surface area contributed by atoms with Gasteiger partial charge in [-0.2, -0.15) is 0 Å². The van der Waals surface area contributed by atoms with Crippen LogP contribution in [0.2, 0.25) is 0 Å². The lowest BCUT2D eigenvalue weighted by molar-refractivity contribution is 0.192. The van der Waals surface area contributed by atoms with E-state index < -0.39 is 15.8 Å². The third-order valence-electron chi connectivity index (χ3n) is 5.86. The summed E-state index contributed by atoms with van der Waals surface area (Å²) in [7, 11) is -3.88. The Bertz CT molecular complexity index is 1260. The smallest absolute Gasteiger partial charge is 0.320 e. The maximum atomic E-state index is 13.2. The highest BCUT2D eigenvalue weighted by atomic mass is 32.2. The van der Waals surface area contributed by atoms with E-state index in [-0.39, 0.29) is 10.9 Å². The summed E-state index contributed by atoms with van der Waals surface area (Å²) in [6.07, 6.45) is 0.807. The standard InChI is InChI=1S/C26H28FN3O3S/c1-19(2)21-9-7-20(8-10-21)18-29-15-4-16-30(26(29)31)24-6-3-5-23(17-24)28-34(32,33)25-13-11-22(27)12-14-25/h3,5-14,17,19,28H,4,15-16,18H2,1-2H3. The van der Waals surface area contributed by atoms with E-state index in [4.69, 9.17) is 0 Å². The van der Waals surface area contributed by atoms with Gasteiger partial charge in [0.05, 0.1) is 10.6 Å². The van der Waals surface area contributed by atoms with Crippen molar-refractivity contribution in [2.45, 2.75) is 37.6 Å². The predicted octanol–water partition coefficient (Wildman–Crippen LogP) is 5.58. The van der Waals surface area contributed by atoms with Crippen LogP contribution in [-0.4, -0.2) is 32.4 Å². The third-order valence-corrected chi connectivity index (χ3v) is 7.26. The zero-order chi connectivity index (χ0) is 24.3. The van der Waals surface area contributed by atoms with Gasteiger partial charge in [-0.15, -0.1) is 0 Å². The predicted molar refractivity (Wildman–Crippen MR) is 132 cm³/mol. The molecule has 0 saturated carbocycles. The van der Waals surface area contributed by atoms with E-state index in [9.17, 15) is 17.6 Å². The average Bonchev–Trinajstić information content (AvgIpc) is 2.81. The minimum Gasteiger partial charge on any atom is -0.320 e. The van der Waals surface area contributed by atoms with Crippen molar-refractivity contribution in [2.75, 3.05) is 22.7 Å². The molecular formula is C26H28FN3O3S. The average molecular weight is 482 g/mol. The Hall–Kier alpha value is -3.39. The normalized spacial score (nSPS) is 14.5. The van der Waals surface area contributed by atoms with Crippen molar-refractivity contribution < 1.29 is 17.6 Å². The zero-order valence-corrected chi connectivity index (χ0v) is 20.1. The number of hydrogen-bond acceptors (Lipinski definition) is 3. The van der Waals surface area contributed by atoms with E-state index in [0.29, 0.717) is 36.9 Å². The van der Waals surface area contributed by atoms with Gasteiger partial charge >= 0.3 is 6.03 Å². The van der Waals surface area contributed by atoms with Gasteiger partial charge in [-0.25, -0.2) is 17.6 Å². The fourth-order valence-corrected chi connectivity index (χ4v) is 5.01. The van der Waals surface area contributed by atoms with Crippen molar-refractivity contribution in [3.05, 3.63) is 89.7 Å². The van der Waals surface area contributed by atoms with Crippen LogP contribution in [0.3, 0.4) is 0 Å². The molecule has 0 spiro atoms. The second-order valence-electron chi connectivity index (χ2n) is 8.72. The lowest BCUT2D eigenvalue weighted by Gasteiger charge is -2.36. The van der Waals surface area contributed by atoms with Gasteiger partial charge in [0.15, 0.2) is 0 Å². The molecule has 1 heterocycles. The molecule has 4 rings (SSSR count). The van der Waals surface area contributed by atoms with E-state index in [1.165, 1.54) is 17.7 Å². The molecule has 1 aliphatic rings. The number of amides is 2. The van der Waals surface area contributed by atoms with Crippen LogP contribution in [0, 0.1) is 5.82 Å². The van der Waals surface area contributed by atoms with Gasteiger partial charge in [0, 0.05) is 25.3 Å². The Morgan fingerprint density at radius 2 is 1.68 bits per heavy atom. The van der Waals surface area contributed by atoms with Crippen LogP contribution < -0.4 is 9.62 Å². The van der Waals surface area contributed by atoms with Gasteiger partial charge in [0.2, 0.25) is 0 Å². The van der Waals surface area contributed by atoms with Crippen molar-refractivity contribution in [1.29, 1.82) is 0 Å². The number of rotatable bonds is 7. The number of sulfonamides is 1. The van der Waals surface area contributed by atoms with Crippen molar-refractivity contribution in [1.82, 2.24) is 4.90 Å². The summed E-state index contributed by atoms with van der Waals surface area (Å²) in [5, 5.41) is 0. The van der Waals surface area contributed by atoms with Crippen LogP contribution in [0.1, 0.15) is 37.3 Å². The second-order valence-corrected chi connectivity index (χ2v) is 10.4. The lowest BCUT2D eigenvalue weighted by atomic mass is 10.0.